The van der Waals surface area contributed by atoms with E-state index in [0.29, 0.717) is 21.6 Å². The van der Waals surface area contributed by atoms with E-state index in [1.807, 2.05) is 12.3 Å². The number of pyridine rings is 1. The average molecular weight is 302 g/mol. The Morgan fingerprint density at radius 2 is 2.00 bits per heavy atom. The van der Waals surface area contributed by atoms with Gasteiger partial charge in [0, 0.05) is 42.8 Å². The van der Waals surface area contributed by atoms with Gasteiger partial charge in [-0.3, -0.25) is 9.28 Å². The molecule has 1 saturated carbocycles. The predicted molar refractivity (Wildman–Crippen MR) is 86.8 cm³/mol. The van der Waals surface area contributed by atoms with Crippen LogP contribution in [0.3, 0.4) is 0 Å². The zero-order chi connectivity index (χ0) is 15.3. The SMILES string of the molecule is C[N+]1(c2cc3c(cc2F)c(=O)ccn3C2CC2)CCNCC1. The average Bonchev–Trinajstić information content (AvgIpc) is 3.33. The zero-order valence-corrected chi connectivity index (χ0v) is 12.8. The fourth-order valence-electron chi connectivity index (χ4n) is 3.49. The molecular formula is C17H21FN3O+. The van der Waals surface area contributed by atoms with Crippen LogP contribution in [-0.4, -0.2) is 37.8 Å². The first-order valence-electron chi connectivity index (χ1n) is 7.99. The van der Waals surface area contributed by atoms with E-state index in [1.165, 1.54) is 6.07 Å². The maximum absolute atomic E-state index is 14.7. The number of hydrogen-bond donors (Lipinski definition) is 1. The van der Waals surface area contributed by atoms with E-state index in [4.69, 9.17) is 0 Å². The van der Waals surface area contributed by atoms with Gasteiger partial charge in [0.15, 0.2) is 16.9 Å². The minimum absolute atomic E-state index is 0.0969. The van der Waals surface area contributed by atoms with Crippen molar-refractivity contribution in [1.82, 2.24) is 14.4 Å². The van der Waals surface area contributed by atoms with Gasteiger partial charge in [-0.2, -0.15) is 0 Å². The van der Waals surface area contributed by atoms with Gasteiger partial charge in [0.1, 0.15) is 0 Å². The van der Waals surface area contributed by atoms with Gasteiger partial charge in [0.2, 0.25) is 0 Å². The smallest absolute Gasteiger partial charge is 0.189 e. The van der Waals surface area contributed by atoms with Crippen molar-refractivity contribution in [3.05, 3.63) is 40.4 Å². The van der Waals surface area contributed by atoms with Crippen LogP contribution in [0, 0.1) is 5.82 Å². The topological polar surface area (TPSA) is 34.0 Å². The van der Waals surface area contributed by atoms with E-state index in [9.17, 15) is 9.18 Å². The van der Waals surface area contributed by atoms with E-state index >= 15 is 0 Å². The molecular weight excluding hydrogens is 281 g/mol. The molecule has 0 radical (unpaired) electrons. The number of quaternary nitrogens is 1. The van der Waals surface area contributed by atoms with Gasteiger partial charge in [-0.25, -0.2) is 4.39 Å². The highest BCUT2D eigenvalue weighted by molar-refractivity contribution is 5.83. The van der Waals surface area contributed by atoms with Crippen LogP contribution in [0.4, 0.5) is 10.1 Å². The first kappa shape index (κ1) is 13.9. The van der Waals surface area contributed by atoms with Crippen LogP contribution in [-0.2, 0) is 0 Å². The molecule has 1 N–H and O–H groups in total. The van der Waals surface area contributed by atoms with Crippen molar-refractivity contribution in [3.63, 3.8) is 0 Å². The molecule has 2 fully saturated rings. The molecule has 5 heteroatoms. The van der Waals surface area contributed by atoms with Crippen LogP contribution in [0.5, 0.6) is 0 Å². The maximum Gasteiger partial charge on any atom is 0.189 e. The Balaban J connectivity index is 1.94. The Morgan fingerprint density at radius 3 is 2.68 bits per heavy atom. The van der Waals surface area contributed by atoms with E-state index in [-0.39, 0.29) is 11.2 Å². The Bertz CT molecular complexity index is 788. The third-order valence-corrected chi connectivity index (χ3v) is 5.08. The Labute approximate surface area is 128 Å². The summed E-state index contributed by atoms with van der Waals surface area (Å²) in [5.41, 5.74) is 1.48. The highest BCUT2D eigenvalue weighted by Crippen LogP contribution is 2.38. The van der Waals surface area contributed by atoms with Crippen molar-refractivity contribution in [1.29, 1.82) is 0 Å². The third kappa shape index (κ3) is 2.16. The second-order valence-electron chi connectivity index (χ2n) is 6.73. The Kier molecular flexibility index (Phi) is 3.09. The number of rotatable bonds is 2. The van der Waals surface area contributed by atoms with Gasteiger partial charge in [-0.05, 0) is 18.9 Å². The number of nitrogens with one attached hydrogen (secondary N) is 1. The summed E-state index contributed by atoms with van der Waals surface area (Å²) in [4.78, 5) is 12.1. The minimum Gasteiger partial charge on any atom is -0.344 e. The van der Waals surface area contributed by atoms with E-state index in [2.05, 4.69) is 16.9 Å². The molecule has 1 aliphatic carbocycles. The van der Waals surface area contributed by atoms with Gasteiger partial charge in [0.25, 0.3) is 0 Å². The predicted octanol–water partition coefficient (Wildman–Crippen LogP) is 2.02. The fourth-order valence-corrected chi connectivity index (χ4v) is 3.49. The monoisotopic (exact) mass is 302 g/mol. The number of aromatic nitrogens is 1. The van der Waals surface area contributed by atoms with Crippen LogP contribution in [0.1, 0.15) is 18.9 Å². The molecule has 0 atom stereocenters. The van der Waals surface area contributed by atoms with E-state index in [1.54, 1.807) is 6.07 Å². The molecule has 1 aromatic carbocycles. The van der Waals surface area contributed by atoms with Gasteiger partial charge in [-0.15, -0.1) is 0 Å². The number of benzene rings is 1. The summed E-state index contributed by atoms with van der Waals surface area (Å²) < 4.78 is 17.4. The summed E-state index contributed by atoms with van der Waals surface area (Å²) in [5.74, 6) is -0.262. The summed E-state index contributed by atoms with van der Waals surface area (Å²) >= 11 is 0. The highest BCUT2D eigenvalue weighted by Gasteiger charge is 2.32. The lowest BCUT2D eigenvalue weighted by Gasteiger charge is -2.37. The summed E-state index contributed by atoms with van der Waals surface area (Å²) in [5, 5.41) is 3.82. The molecule has 1 aromatic heterocycles. The first-order valence-corrected chi connectivity index (χ1v) is 7.99. The molecule has 4 rings (SSSR count). The van der Waals surface area contributed by atoms with Crippen LogP contribution < -0.4 is 15.2 Å². The van der Waals surface area contributed by atoms with Crippen LogP contribution >= 0.6 is 0 Å². The lowest BCUT2D eigenvalue weighted by atomic mass is 10.1. The molecule has 1 aliphatic heterocycles. The van der Waals surface area contributed by atoms with Gasteiger partial charge in [0.05, 0.1) is 25.7 Å². The van der Waals surface area contributed by atoms with E-state index < -0.39 is 0 Å². The molecule has 2 aromatic rings. The van der Waals surface area contributed by atoms with Crippen molar-refractivity contribution in [2.45, 2.75) is 18.9 Å². The molecule has 2 heterocycles. The molecule has 4 nitrogen and oxygen atoms in total. The van der Waals surface area contributed by atoms with Crippen molar-refractivity contribution >= 4 is 16.6 Å². The lowest BCUT2D eigenvalue weighted by molar-refractivity contribution is 0.280. The Morgan fingerprint density at radius 1 is 1.27 bits per heavy atom. The molecule has 2 aliphatic rings. The van der Waals surface area contributed by atoms with Crippen LogP contribution in [0.15, 0.2) is 29.2 Å². The number of fused-ring (bicyclic) bond motifs is 1. The van der Waals surface area contributed by atoms with Crippen molar-refractivity contribution in [2.24, 2.45) is 0 Å². The van der Waals surface area contributed by atoms with Gasteiger partial charge >= 0.3 is 0 Å². The molecule has 22 heavy (non-hydrogen) atoms. The largest absolute Gasteiger partial charge is 0.344 e. The fraction of sp³-hybridized carbons (Fsp3) is 0.471. The quantitative estimate of drug-likeness (QED) is 0.861. The molecule has 0 bridgehead atoms. The molecule has 116 valence electrons. The molecule has 0 amide bonds. The number of nitrogens with zero attached hydrogens (tertiary/aromatic N) is 2. The number of hydrogen-bond acceptors (Lipinski definition) is 2. The van der Waals surface area contributed by atoms with Crippen molar-refractivity contribution in [2.75, 3.05) is 33.2 Å². The number of piperazine rings is 1. The standard InChI is InChI=1S/C17H21FN3O/c1-21(8-5-19-6-9-21)16-11-15-13(10-14(16)18)17(22)4-7-20(15)12-2-3-12/h4,7,10-12,19H,2-3,5-6,8-9H2,1H3/q+1. The zero-order valence-electron chi connectivity index (χ0n) is 12.8. The molecule has 0 spiro atoms. The second kappa shape index (κ2) is 4.89. The van der Waals surface area contributed by atoms with Crippen LogP contribution in [0.2, 0.25) is 0 Å². The number of likely N-dealkylation sites (N-methyl/N-ethyl adjacent to an activating group) is 1. The first-order chi connectivity index (χ1) is 10.6. The second-order valence-corrected chi connectivity index (χ2v) is 6.73. The lowest BCUT2D eigenvalue weighted by Crippen LogP contribution is -2.57. The van der Waals surface area contributed by atoms with Crippen LogP contribution in [0.25, 0.3) is 10.9 Å². The van der Waals surface area contributed by atoms with Gasteiger partial charge < -0.3 is 9.88 Å². The molecule has 0 unspecified atom stereocenters. The maximum atomic E-state index is 14.7. The Hall–Kier alpha value is -1.72. The summed E-state index contributed by atoms with van der Waals surface area (Å²) in [6, 6.07) is 5.38. The normalized spacial score (nSPS) is 21.2. The molecule has 1 saturated heterocycles. The van der Waals surface area contributed by atoms with Crippen molar-refractivity contribution < 1.29 is 4.39 Å². The van der Waals surface area contributed by atoms with E-state index in [0.717, 1.165) is 44.5 Å². The third-order valence-electron chi connectivity index (χ3n) is 5.08. The minimum atomic E-state index is -0.262. The van der Waals surface area contributed by atoms with Crippen molar-refractivity contribution in [3.8, 4) is 0 Å². The van der Waals surface area contributed by atoms with Gasteiger partial charge in [-0.1, -0.05) is 0 Å². The summed E-state index contributed by atoms with van der Waals surface area (Å²) in [7, 11) is 2.08. The summed E-state index contributed by atoms with van der Waals surface area (Å²) in [6.07, 6.45) is 4.14. The number of halogens is 1. The highest BCUT2D eigenvalue weighted by atomic mass is 19.1. The summed E-state index contributed by atoms with van der Waals surface area (Å²) in [6.45, 7) is 3.50.